The lowest BCUT2D eigenvalue weighted by molar-refractivity contribution is -0.384. The van der Waals surface area contributed by atoms with Crippen LogP contribution in [0.2, 0.25) is 0 Å². The number of nitrogens with one attached hydrogen (secondary N) is 2. The standard InChI is InChI=1S/C13H12N4O4/c18-13(19)10-5-9-12(15-6-14-9)11(16-10)7-2-1-3-8(4-7)17(20)21/h1-4,6,10-11,16H,5H2,(H,14,15)(H,18,19). The number of nitro groups is 1. The van der Waals surface area contributed by atoms with Crippen LogP contribution in [0.3, 0.4) is 0 Å². The molecule has 0 saturated carbocycles. The van der Waals surface area contributed by atoms with Gasteiger partial charge in [0.2, 0.25) is 0 Å². The third kappa shape index (κ3) is 2.36. The molecule has 0 aliphatic carbocycles. The van der Waals surface area contributed by atoms with Crippen molar-refractivity contribution in [3.8, 4) is 0 Å². The number of benzene rings is 1. The molecule has 2 unspecified atom stereocenters. The van der Waals surface area contributed by atoms with Gasteiger partial charge in [0.15, 0.2) is 0 Å². The molecule has 1 aromatic carbocycles. The van der Waals surface area contributed by atoms with Gasteiger partial charge in [0.1, 0.15) is 6.04 Å². The van der Waals surface area contributed by atoms with Crippen LogP contribution in [0.25, 0.3) is 0 Å². The van der Waals surface area contributed by atoms with E-state index in [1.165, 1.54) is 18.5 Å². The normalized spacial score (nSPS) is 20.8. The molecule has 1 aliphatic rings. The van der Waals surface area contributed by atoms with Crippen molar-refractivity contribution in [3.05, 3.63) is 57.7 Å². The van der Waals surface area contributed by atoms with Gasteiger partial charge in [0.25, 0.3) is 5.69 Å². The summed E-state index contributed by atoms with van der Waals surface area (Å²) in [4.78, 5) is 28.8. The van der Waals surface area contributed by atoms with E-state index in [0.29, 0.717) is 17.7 Å². The first kappa shape index (κ1) is 13.3. The zero-order chi connectivity index (χ0) is 15.0. The fourth-order valence-electron chi connectivity index (χ4n) is 2.52. The van der Waals surface area contributed by atoms with Crippen molar-refractivity contribution in [1.29, 1.82) is 0 Å². The number of non-ortho nitro benzene ring substituents is 1. The molecule has 3 rings (SSSR count). The maximum absolute atomic E-state index is 11.2. The predicted octanol–water partition coefficient (Wildman–Crippen LogP) is 1.01. The van der Waals surface area contributed by atoms with E-state index in [2.05, 4.69) is 15.3 Å². The lowest BCUT2D eigenvalue weighted by atomic mass is 9.94. The van der Waals surface area contributed by atoms with E-state index in [1.54, 1.807) is 12.1 Å². The molecule has 1 aliphatic heterocycles. The Labute approximate surface area is 119 Å². The summed E-state index contributed by atoms with van der Waals surface area (Å²) in [5.41, 5.74) is 1.98. The average molecular weight is 288 g/mol. The van der Waals surface area contributed by atoms with Crippen LogP contribution in [-0.2, 0) is 11.2 Å². The maximum atomic E-state index is 11.2. The Bertz CT molecular complexity index is 712. The molecule has 21 heavy (non-hydrogen) atoms. The lowest BCUT2D eigenvalue weighted by Gasteiger charge is -2.28. The van der Waals surface area contributed by atoms with Gasteiger partial charge in [-0.1, -0.05) is 12.1 Å². The molecule has 1 aromatic heterocycles. The summed E-state index contributed by atoms with van der Waals surface area (Å²) >= 11 is 0. The largest absolute Gasteiger partial charge is 0.480 e. The minimum atomic E-state index is -0.967. The average Bonchev–Trinajstić information content (AvgIpc) is 2.94. The third-order valence-corrected chi connectivity index (χ3v) is 3.51. The molecule has 2 heterocycles. The number of rotatable bonds is 3. The highest BCUT2D eigenvalue weighted by Gasteiger charge is 2.33. The molecular formula is C13H12N4O4. The SMILES string of the molecule is O=C(O)C1Cc2[nH]cnc2C(c2cccc([N+](=O)[O-])c2)N1. The Kier molecular flexibility index (Phi) is 3.15. The lowest BCUT2D eigenvalue weighted by Crippen LogP contribution is -2.45. The topological polar surface area (TPSA) is 121 Å². The third-order valence-electron chi connectivity index (χ3n) is 3.51. The van der Waals surface area contributed by atoms with E-state index in [0.717, 1.165) is 5.69 Å². The first-order valence-electron chi connectivity index (χ1n) is 6.31. The summed E-state index contributed by atoms with van der Waals surface area (Å²) in [5.74, 6) is -0.967. The van der Waals surface area contributed by atoms with Gasteiger partial charge in [-0.25, -0.2) is 4.98 Å². The van der Waals surface area contributed by atoms with Gasteiger partial charge >= 0.3 is 5.97 Å². The molecule has 0 spiro atoms. The molecule has 0 saturated heterocycles. The van der Waals surface area contributed by atoms with Crippen LogP contribution in [0.1, 0.15) is 23.0 Å². The van der Waals surface area contributed by atoms with Gasteiger partial charge in [-0.3, -0.25) is 20.2 Å². The summed E-state index contributed by atoms with van der Waals surface area (Å²) in [6.07, 6.45) is 1.80. The van der Waals surface area contributed by atoms with Crippen LogP contribution >= 0.6 is 0 Å². The molecule has 0 radical (unpaired) electrons. The van der Waals surface area contributed by atoms with E-state index in [4.69, 9.17) is 0 Å². The number of H-pyrrole nitrogens is 1. The fourth-order valence-corrected chi connectivity index (χ4v) is 2.52. The van der Waals surface area contributed by atoms with Crippen LogP contribution in [0.15, 0.2) is 30.6 Å². The number of nitro benzene ring substituents is 1. The summed E-state index contributed by atoms with van der Waals surface area (Å²) in [5, 5.41) is 23.1. The first-order chi connectivity index (χ1) is 10.1. The summed E-state index contributed by atoms with van der Waals surface area (Å²) in [6, 6.07) is 4.87. The Balaban J connectivity index is 2.03. The van der Waals surface area contributed by atoms with Crippen LogP contribution in [0.5, 0.6) is 0 Å². The number of hydrogen-bond donors (Lipinski definition) is 3. The van der Waals surface area contributed by atoms with E-state index in [1.807, 2.05) is 0 Å². The van der Waals surface area contributed by atoms with Gasteiger partial charge in [-0.05, 0) is 5.56 Å². The summed E-state index contributed by atoms with van der Waals surface area (Å²) in [7, 11) is 0. The Morgan fingerprint density at radius 1 is 1.48 bits per heavy atom. The number of hydrogen-bond acceptors (Lipinski definition) is 5. The Morgan fingerprint density at radius 3 is 3.00 bits per heavy atom. The van der Waals surface area contributed by atoms with Crippen molar-refractivity contribution in [2.45, 2.75) is 18.5 Å². The second-order valence-corrected chi connectivity index (χ2v) is 4.81. The number of carbonyl (C=O) groups is 1. The van der Waals surface area contributed by atoms with E-state index in [9.17, 15) is 20.0 Å². The molecule has 3 N–H and O–H groups in total. The van der Waals surface area contributed by atoms with Crippen molar-refractivity contribution >= 4 is 11.7 Å². The number of aromatic nitrogens is 2. The number of imidazole rings is 1. The van der Waals surface area contributed by atoms with Crippen LogP contribution in [-0.4, -0.2) is 32.0 Å². The number of aromatic amines is 1. The molecule has 8 heteroatoms. The Hall–Kier alpha value is -2.74. The van der Waals surface area contributed by atoms with Gasteiger partial charge in [-0.15, -0.1) is 0 Å². The monoisotopic (exact) mass is 288 g/mol. The zero-order valence-corrected chi connectivity index (χ0v) is 10.8. The van der Waals surface area contributed by atoms with Crippen molar-refractivity contribution < 1.29 is 14.8 Å². The van der Waals surface area contributed by atoms with Crippen LogP contribution < -0.4 is 5.32 Å². The summed E-state index contributed by atoms with van der Waals surface area (Å²) < 4.78 is 0. The molecule has 2 aromatic rings. The second kappa shape index (κ2) is 4.98. The number of nitrogens with zero attached hydrogens (tertiary/aromatic N) is 2. The molecule has 2 atom stereocenters. The van der Waals surface area contributed by atoms with Gasteiger partial charge in [0, 0.05) is 24.2 Å². The Morgan fingerprint density at radius 2 is 2.29 bits per heavy atom. The van der Waals surface area contributed by atoms with E-state index >= 15 is 0 Å². The molecule has 0 bridgehead atoms. The highest BCUT2D eigenvalue weighted by molar-refractivity contribution is 5.74. The molecule has 8 nitrogen and oxygen atoms in total. The molecule has 108 valence electrons. The molecular weight excluding hydrogens is 276 g/mol. The highest BCUT2D eigenvalue weighted by atomic mass is 16.6. The number of aliphatic carboxylic acids is 1. The minimum Gasteiger partial charge on any atom is -0.480 e. The maximum Gasteiger partial charge on any atom is 0.321 e. The van der Waals surface area contributed by atoms with Crippen molar-refractivity contribution in [2.24, 2.45) is 0 Å². The van der Waals surface area contributed by atoms with Gasteiger partial charge in [0.05, 0.1) is 23.0 Å². The van der Waals surface area contributed by atoms with Crippen LogP contribution in [0.4, 0.5) is 5.69 Å². The fraction of sp³-hybridized carbons (Fsp3) is 0.231. The van der Waals surface area contributed by atoms with Gasteiger partial charge < -0.3 is 10.1 Å². The first-order valence-corrected chi connectivity index (χ1v) is 6.31. The predicted molar refractivity (Wildman–Crippen MR) is 71.8 cm³/mol. The van der Waals surface area contributed by atoms with Crippen molar-refractivity contribution in [1.82, 2.24) is 15.3 Å². The molecule has 0 amide bonds. The van der Waals surface area contributed by atoms with Crippen molar-refractivity contribution in [2.75, 3.05) is 0 Å². The smallest absolute Gasteiger partial charge is 0.321 e. The zero-order valence-electron chi connectivity index (χ0n) is 10.8. The van der Waals surface area contributed by atoms with Gasteiger partial charge in [-0.2, -0.15) is 0 Å². The summed E-state index contributed by atoms with van der Waals surface area (Å²) in [6.45, 7) is 0. The minimum absolute atomic E-state index is 0.0381. The van der Waals surface area contributed by atoms with E-state index < -0.39 is 23.0 Å². The quantitative estimate of drug-likeness (QED) is 0.572. The number of fused-ring (bicyclic) bond motifs is 1. The van der Waals surface area contributed by atoms with Crippen LogP contribution in [0, 0.1) is 10.1 Å². The second-order valence-electron chi connectivity index (χ2n) is 4.81. The number of carboxylic acids is 1. The van der Waals surface area contributed by atoms with Crippen molar-refractivity contribution in [3.63, 3.8) is 0 Å². The van der Waals surface area contributed by atoms with E-state index in [-0.39, 0.29) is 5.69 Å². The highest BCUT2D eigenvalue weighted by Crippen LogP contribution is 2.30. The molecule has 0 fully saturated rings. The number of carboxylic acid groups (broad SMARTS) is 1.